The average Bonchev–Trinajstić information content (AvgIpc) is 2.85. The molecule has 0 aromatic carbocycles. The lowest BCUT2D eigenvalue weighted by Gasteiger charge is -2.26. The van der Waals surface area contributed by atoms with E-state index in [1.807, 2.05) is 5.38 Å². The summed E-state index contributed by atoms with van der Waals surface area (Å²) >= 11 is 1.71. The van der Waals surface area contributed by atoms with Gasteiger partial charge in [0.2, 0.25) is 0 Å². The summed E-state index contributed by atoms with van der Waals surface area (Å²) < 4.78 is 0. The van der Waals surface area contributed by atoms with E-state index in [9.17, 15) is 4.79 Å². The number of nitrogens with zero attached hydrogens (tertiary/aromatic N) is 1. The molecule has 0 bridgehead atoms. The van der Waals surface area contributed by atoms with Crippen LogP contribution in [-0.4, -0.2) is 29.6 Å². The van der Waals surface area contributed by atoms with Gasteiger partial charge < -0.3 is 10.0 Å². The largest absolute Gasteiger partial charge is 0.478 e. The van der Waals surface area contributed by atoms with Crippen LogP contribution >= 0.6 is 11.3 Å². The Balaban J connectivity index is 1.81. The Labute approximate surface area is 124 Å². The topological polar surface area (TPSA) is 40.5 Å². The van der Waals surface area contributed by atoms with Crippen molar-refractivity contribution in [1.82, 2.24) is 4.90 Å². The van der Waals surface area contributed by atoms with E-state index in [1.54, 1.807) is 17.4 Å². The van der Waals surface area contributed by atoms with Gasteiger partial charge in [-0.2, -0.15) is 0 Å². The van der Waals surface area contributed by atoms with Crippen LogP contribution in [0.3, 0.4) is 0 Å². The molecular formula is C16H23NO2S. The van der Waals surface area contributed by atoms with Gasteiger partial charge >= 0.3 is 5.97 Å². The Morgan fingerprint density at radius 1 is 1.45 bits per heavy atom. The van der Waals surface area contributed by atoms with Gasteiger partial charge in [-0.15, -0.1) is 11.3 Å². The third-order valence-electron chi connectivity index (χ3n) is 3.81. The van der Waals surface area contributed by atoms with Crippen LogP contribution in [0.4, 0.5) is 0 Å². The Kier molecular flexibility index (Phi) is 5.80. The molecule has 1 N–H and O–H groups in total. The minimum absolute atomic E-state index is 0.861. The van der Waals surface area contributed by atoms with Crippen LogP contribution in [0.2, 0.25) is 0 Å². The average molecular weight is 293 g/mol. The fourth-order valence-corrected chi connectivity index (χ4v) is 3.81. The lowest BCUT2D eigenvalue weighted by atomic mass is 9.89. The predicted molar refractivity (Wildman–Crippen MR) is 83.9 cm³/mol. The van der Waals surface area contributed by atoms with Crippen LogP contribution in [0.15, 0.2) is 17.5 Å². The highest BCUT2D eigenvalue weighted by Crippen LogP contribution is 2.25. The zero-order chi connectivity index (χ0) is 14.4. The van der Waals surface area contributed by atoms with Crippen molar-refractivity contribution in [3.8, 4) is 0 Å². The molecule has 0 amide bonds. The minimum Gasteiger partial charge on any atom is -0.478 e. The van der Waals surface area contributed by atoms with Crippen LogP contribution in [0.25, 0.3) is 6.08 Å². The van der Waals surface area contributed by atoms with E-state index in [0.29, 0.717) is 0 Å². The molecular weight excluding hydrogens is 270 g/mol. The van der Waals surface area contributed by atoms with Crippen molar-refractivity contribution in [3.05, 3.63) is 28.0 Å². The fraction of sp³-hybridized carbons (Fsp3) is 0.562. The van der Waals surface area contributed by atoms with Crippen molar-refractivity contribution in [3.63, 3.8) is 0 Å². The first kappa shape index (κ1) is 15.3. The van der Waals surface area contributed by atoms with Crippen LogP contribution in [-0.2, 0) is 11.3 Å². The van der Waals surface area contributed by atoms with Gasteiger partial charge in [-0.1, -0.05) is 19.3 Å². The first-order chi connectivity index (χ1) is 9.63. The fourth-order valence-electron chi connectivity index (χ4n) is 2.88. The molecule has 3 nitrogen and oxygen atoms in total. The maximum absolute atomic E-state index is 10.5. The highest BCUT2D eigenvalue weighted by atomic mass is 32.1. The maximum Gasteiger partial charge on any atom is 0.328 e. The molecule has 0 unspecified atom stereocenters. The maximum atomic E-state index is 10.5. The molecule has 2 rings (SSSR count). The normalized spacial score (nSPS) is 17.1. The molecule has 1 aliphatic carbocycles. The Morgan fingerprint density at radius 2 is 2.20 bits per heavy atom. The summed E-state index contributed by atoms with van der Waals surface area (Å²) in [6, 6.07) is 2.08. The molecule has 0 saturated heterocycles. The molecule has 1 aliphatic rings. The number of carboxylic acid groups (broad SMARTS) is 1. The van der Waals surface area contributed by atoms with Gasteiger partial charge in [0.05, 0.1) is 0 Å². The van der Waals surface area contributed by atoms with Crippen LogP contribution in [0.1, 0.15) is 42.5 Å². The van der Waals surface area contributed by atoms with Crippen LogP contribution in [0.5, 0.6) is 0 Å². The van der Waals surface area contributed by atoms with E-state index in [2.05, 4.69) is 18.0 Å². The van der Waals surface area contributed by atoms with E-state index in [0.717, 1.165) is 18.0 Å². The van der Waals surface area contributed by atoms with Gasteiger partial charge in [0.1, 0.15) is 0 Å². The monoisotopic (exact) mass is 293 g/mol. The van der Waals surface area contributed by atoms with Crippen LogP contribution < -0.4 is 0 Å². The van der Waals surface area contributed by atoms with Gasteiger partial charge in [-0.3, -0.25) is 0 Å². The smallest absolute Gasteiger partial charge is 0.328 e. The number of carbonyl (C=O) groups is 1. The second-order valence-electron chi connectivity index (χ2n) is 5.72. The molecule has 0 radical (unpaired) electrons. The summed E-state index contributed by atoms with van der Waals surface area (Å²) in [6.07, 6.45) is 9.79. The standard InChI is InChI=1S/C16H23NO2S/c1-17(10-13-5-3-2-4-6-13)11-15-9-14(12-20-15)7-8-16(18)19/h7-9,12-13H,2-6,10-11H2,1H3,(H,18,19). The Morgan fingerprint density at radius 3 is 2.90 bits per heavy atom. The summed E-state index contributed by atoms with van der Waals surface area (Å²) in [5.41, 5.74) is 0.985. The highest BCUT2D eigenvalue weighted by Gasteiger charge is 2.15. The van der Waals surface area contributed by atoms with E-state index >= 15 is 0 Å². The zero-order valence-corrected chi connectivity index (χ0v) is 12.9. The predicted octanol–water partition coefficient (Wildman–Crippen LogP) is 3.86. The number of thiophene rings is 1. The van der Waals surface area contributed by atoms with Gasteiger partial charge in [-0.05, 0) is 48.9 Å². The number of rotatable bonds is 6. The van der Waals surface area contributed by atoms with Crippen LogP contribution in [0, 0.1) is 5.92 Å². The Bertz CT molecular complexity index is 461. The summed E-state index contributed by atoms with van der Waals surface area (Å²) in [6.45, 7) is 2.14. The van der Waals surface area contributed by atoms with Gasteiger partial charge in [-0.25, -0.2) is 4.79 Å². The van der Waals surface area contributed by atoms with Crippen molar-refractivity contribution >= 4 is 23.4 Å². The molecule has 4 heteroatoms. The highest BCUT2D eigenvalue weighted by molar-refractivity contribution is 7.10. The lowest BCUT2D eigenvalue weighted by molar-refractivity contribution is -0.131. The molecule has 0 spiro atoms. The van der Waals surface area contributed by atoms with Crippen molar-refractivity contribution in [2.45, 2.75) is 38.6 Å². The molecule has 1 fully saturated rings. The molecule has 0 atom stereocenters. The number of aliphatic carboxylic acids is 1. The second kappa shape index (κ2) is 7.60. The first-order valence-corrected chi connectivity index (χ1v) is 8.18. The van der Waals surface area contributed by atoms with Gasteiger partial charge in [0.25, 0.3) is 0 Å². The third kappa shape index (κ3) is 5.10. The van der Waals surface area contributed by atoms with Gasteiger partial charge in [0, 0.05) is 24.0 Å². The van der Waals surface area contributed by atoms with Gasteiger partial charge in [0.15, 0.2) is 0 Å². The van der Waals surface area contributed by atoms with E-state index in [1.165, 1.54) is 49.6 Å². The number of hydrogen-bond acceptors (Lipinski definition) is 3. The lowest BCUT2D eigenvalue weighted by Crippen LogP contribution is -2.26. The molecule has 1 aromatic rings. The first-order valence-electron chi connectivity index (χ1n) is 7.30. The van der Waals surface area contributed by atoms with E-state index < -0.39 is 5.97 Å². The molecule has 0 aliphatic heterocycles. The van der Waals surface area contributed by atoms with Crippen molar-refractivity contribution in [2.24, 2.45) is 5.92 Å². The summed E-state index contributed by atoms with van der Waals surface area (Å²) in [7, 11) is 2.18. The third-order valence-corrected chi connectivity index (χ3v) is 4.75. The molecule has 110 valence electrons. The van der Waals surface area contributed by atoms with Crippen molar-refractivity contribution in [1.29, 1.82) is 0 Å². The number of hydrogen-bond donors (Lipinski definition) is 1. The number of carboxylic acids is 1. The molecule has 1 heterocycles. The summed E-state index contributed by atoms with van der Waals surface area (Å²) in [4.78, 5) is 14.2. The van der Waals surface area contributed by atoms with Crippen molar-refractivity contribution in [2.75, 3.05) is 13.6 Å². The molecule has 1 saturated carbocycles. The van der Waals surface area contributed by atoms with E-state index in [4.69, 9.17) is 5.11 Å². The second-order valence-corrected chi connectivity index (χ2v) is 6.71. The quantitative estimate of drug-likeness (QED) is 0.810. The summed E-state index contributed by atoms with van der Waals surface area (Å²) in [5.74, 6) is -0.0349. The molecule has 20 heavy (non-hydrogen) atoms. The minimum atomic E-state index is -0.896. The summed E-state index contributed by atoms with van der Waals surface area (Å²) in [5, 5.41) is 10.6. The van der Waals surface area contributed by atoms with E-state index in [-0.39, 0.29) is 0 Å². The SMILES string of the molecule is CN(Cc1cc(C=CC(=O)O)cs1)CC1CCCCC1. The molecule has 1 aromatic heterocycles. The zero-order valence-electron chi connectivity index (χ0n) is 12.0. The Hall–Kier alpha value is -1.13. The van der Waals surface area contributed by atoms with Crippen molar-refractivity contribution < 1.29 is 9.90 Å².